The smallest absolute Gasteiger partial charge is 0.270 e. The molecular weight excluding hydrogens is 288 g/mol. The lowest BCUT2D eigenvalue weighted by Gasteiger charge is -2.17. The lowest BCUT2D eigenvalue weighted by atomic mass is 10.0. The second kappa shape index (κ2) is 6.70. The van der Waals surface area contributed by atoms with Crippen LogP contribution in [-0.2, 0) is 6.54 Å². The first-order valence-corrected chi connectivity index (χ1v) is 7.08. The number of halogens is 1. The van der Waals surface area contributed by atoms with Crippen LogP contribution in [0.2, 0.25) is 5.02 Å². The molecule has 0 aliphatic heterocycles. The van der Waals surface area contributed by atoms with E-state index in [1.165, 1.54) is 23.3 Å². The number of nitro benzene ring substituents is 1. The van der Waals surface area contributed by atoms with E-state index < -0.39 is 4.92 Å². The van der Waals surface area contributed by atoms with Crippen LogP contribution in [0.25, 0.3) is 0 Å². The van der Waals surface area contributed by atoms with Gasteiger partial charge in [0.25, 0.3) is 5.69 Å². The Kier molecular flexibility index (Phi) is 4.94. The van der Waals surface area contributed by atoms with Gasteiger partial charge in [0.1, 0.15) is 0 Å². The van der Waals surface area contributed by atoms with Crippen LogP contribution in [0.4, 0.5) is 5.69 Å². The zero-order valence-corrected chi connectivity index (χ0v) is 12.7. The van der Waals surface area contributed by atoms with Crippen molar-refractivity contribution in [3.63, 3.8) is 0 Å². The highest BCUT2D eigenvalue weighted by atomic mass is 35.5. The van der Waals surface area contributed by atoms with Crippen molar-refractivity contribution in [3.05, 3.63) is 74.3 Å². The molecular formula is C16H17ClN2O2. The standard InChI is InChI=1S/C16H17ClN2O2/c1-11-5-3-4-6-15(11)12(2)18-10-13-7-8-14(19(20)21)9-16(13)17/h3-9,12,18H,10H2,1-2H3/t12-/m1/s1. The van der Waals surface area contributed by atoms with Crippen LogP contribution in [0.15, 0.2) is 42.5 Å². The molecule has 0 spiro atoms. The van der Waals surface area contributed by atoms with E-state index in [-0.39, 0.29) is 11.7 Å². The van der Waals surface area contributed by atoms with Crippen LogP contribution in [0.3, 0.4) is 0 Å². The molecule has 0 aliphatic rings. The van der Waals surface area contributed by atoms with Crippen molar-refractivity contribution in [1.29, 1.82) is 0 Å². The molecule has 1 atom stereocenters. The molecule has 0 radical (unpaired) electrons. The van der Waals surface area contributed by atoms with Gasteiger partial charge in [0.15, 0.2) is 0 Å². The predicted octanol–water partition coefficient (Wildman–Crippen LogP) is 4.41. The summed E-state index contributed by atoms with van der Waals surface area (Å²) in [6.45, 7) is 4.72. The van der Waals surface area contributed by atoms with Crippen molar-refractivity contribution in [2.75, 3.05) is 0 Å². The van der Waals surface area contributed by atoms with Gasteiger partial charge in [-0.2, -0.15) is 0 Å². The van der Waals surface area contributed by atoms with Gasteiger partial charge >= 0.3 is 0 Å². The second-order valence-electron chi connectivity index (χ2n) is 4.99. The van der Waals surface area contributed by atoms with Gasteiger partial charge in [-0.3, -0.25) is 10.1 Å². The van der Waals surface area contributed by atoms with Crippen molar-refractivity contribution in [2.45, 2.75) is 26.4 Å². The fourth-order valence-electron chi connectivity index (χ4n) is 2.24. The molecule has 21 heavy (non-hydrogen) atoms. The minimum atomic E-state index is -0.445. The van der Waals surface area contributed by atoms with Crippen LogP contribution >= 0.6 is 11.6 Å². The Labute approximate surface area is 128 Å². The summed E-state index contributed by atoms with van der Waals surface area (Å²) in [6.07, 6.45) is 0. The third-order valence-corrected chi connectivity index (χ3v) is 3.85. The highest BCUT2D eigenvalue weighted by Gasteiger charge is 2.11. The normalized spacial score (nSPS) is 12.1. The fraction of sp³-hybridized carbons (Fsp3) is 0.250. The van der Waals surface area contributed by atoms with Crippen molar-refractivity contribution in [3.8, 4) is 0 Å². The Morgan fingerprint density at radius 3 is 2.62 bits per heavy atom. The van der Waals surface area contributed by atoms with Crippen LogP contribution in [0, 0.1) is 17.0 Å². The van der Waals surface area contributed by atoms with Crippen molar-refractivity contribution in [1.82, 2.24) is 5.32 Å². The lowest BCUT2D eigenvalue weighted by molar-refractivity contribution is -0.384. The van der Waals surface area contributed by atoms with Gasteiger partial charge in [-0.15, -0.1) is 0 Å². The molecule has 1 N–H and O–H groups in total. The molecule has 5 heteroatoms. The Bertz CT molecular complexity index is 658. The first-order valence-electron chi connectivity index (χ1n) is 6.70. The van der Waals surface area contributed by atoms with E-state index in [0.29, 0.717) is 11.6 Å². The number of hydrogen-bond acceptors (Lipinski definition) is 3. The average molecular weight is 305 g/mol. The summed E-state index contributed by atoms with van der Waals surface area (Å²) in [5.41, 5.74) is 3.32. The van der Waals surface area contributed by atoms with Crippen LogP contribution in [0.1, 0.15) is 29.7 Å². The maximum atomic E-state index is 10.7. The van der Waals surface area contributed by atoms with Gasteiger partial charge in [-0.1, -0.05) is 35.9 Å². The maximum absolute atomic E-state index is 10.7. The van der Waals surface area contributed by atoms with Crippen LogP contribution < -0.4 is 5.32 Å². The van der Waals surface area contributed by atoms with Crippen LogP contribution in [-0.4, -0.2) is 4.92 Å². The van der Waals surface area contributed by atoms with Gasteiger partial charge in [-0.25, -0.2) is 0 Å². The van der Waals surface area contributed by atoms with E-state index in [1.807, 2.05) is 12.1 Å². The number of non-ortho nitro benzene ring substituents is 1. The molecule has 110 valence electrons. The highest BCUT2D eigenvalue weighted by molar-refractivity contribution is 6.31. The summed E-state index contributed by atoms with van der Waals surface area (Å²) in [7, 11) is 0. The number of nitrogens with one attached hydrogen (secondary N) is 1. The minimum Gasteiger partial charge on any atom is -0.306 e. The Morgan fingerprint density at radius 2 is 2.00 bits per heavy atom. The first kappa shape index (κ1) is 15.5. The minimum absolute atomic E-state index is 0.00991. The number of hydrogen-bond donors (Lipinski definition) is 1. The zero-order chi connectivity index (χ0) is 15.4. The van der Waals surface area contributed by atoms with E-state index in [2.05, 4.69) is 31.3 Å². The molecule has 0 saturated heterocycles. The molecule has 0 saturated carbocycles. The highest BCUT2D eigenvalue weighted by Crippen LogP contribution is 2.23. The largest absolute Gasteiger partial charge is 0.306 e. The number of nitrogens with zero attached hydrogens (tertiary/aromatic N) is 1. The lowest BCUT2D eigenvalue weighted by Crippen LogP contribution is -2.19. The predicted molar refractivity (Wildman–Crippen MR) is 84.5 cm³/mol. The first-order chi connectivity index (χ1) is 9.99. The summed E-state index contributed by atoms with van der Waals surface area (Å²) >= 11 is 6.09. The molecule has 2 aromatic rings. The summed E-state index contributed by atoms with van der Waals surface area (Å²) in [4.78, 5) is 10.2. The van der Waals surface area contributed by atoms with E-state index in [0.717, 1.165) is 5.56 Å². The number of aryl methyl sites for hydroxylation is 1. The molecule has 0 bridgehead atoms. The topological polar surface area (TPSA) is 55.2 Å². The molecule has 4 nitrogen and oxygen atoms in total. The quantitative estimate of drug-likeness (QED) is 0.657. The van der Waals surface area contributed by atoms with Gasteiger partial charge < -0.3 is 5.32 Å². The van der Waals surface area contributed by atoms with Crippen molar-refractivity contribution >= 4 is 17.3 Å². The van der Waals surface area contributed by atoms with Crippen molar-refractivity contribution < 1.29 is 4.92 Å². The molecule has 2 rings (SSSR count). The van der Waals surface area contributed by atoms with E-state index in [4.69, 9.17) is 11.6 Å². The zero-order valence-electron chi connectivity index (χ0n) is 12.0. The number of benzene rings is 2. The van der Waals surface area contributed by atoms with E-state index >= 15 is 0 Å². The summed E-state index contributed by atoms with van der Waals surface area (Å²) in [6, 6.07) is 12.9. The monoisotopic (exact) mass is 304 g/mol. The van der Waals surface area contributed by atoms with Gasteiger partial charge in [-0.05, 0) is 36.6 Å². The molecule has 0 heterocycles. The molecule has 0 aromatic heterocycles. The molecule has 0 aliphatic carbocycles. The third-order valence-electron chi connectivity index (χ3n) is 3.50. The molecule has 0 fully saturated rings. The number of nitro groups is 1. The van der Waals surface area contributed by atoms with E-state index in [1.54, 1.807) is 6.07 Å². The summed E-state index contributed by atoms with van der Waals surface area (Å²) in [5.74, 6) is 0. The number of rotatable bonds is 5. The summed E-state index contributed by atoms with van der Waals surface area (Å²) in [5, 5.41) is 14.5. The Morgan fingerprint density at radius 1 is 1.29 bits per heavy atom. The summed E-state index contributed by atoms with van der Waals surface area (Å²) < 4.78 is 0. The SMILES string of the molecule is Cc1ccccc1[C@@H](C)NCc1ccc([N+](=O)[O-])cc1Cl. The van der Waals surface area contributed by atoms with Gasteiger partial charge in [0, 0.05) is 24.7 Å². The molecule has 2 aromatic carbocycles. The maximum Gasteiger partial charge on any atom is 0.270 e. The van der Waals surface area contributed by atoms with Gasteiger partial charge in [0.05, 0.1) is 9.95 Å². The van der Waals surface area contributed by atoms with E-state index in [9.17, 15) is 10.1 Å². The average Bonchev–Trinajstić information content (AvgIpc) is 2.46. The van der Waals surface area contributed by atoms with Gasteiger partial charge in [0.2, 0.25) is 0 Å². The van der Waals surface area contributed by atoms with Crippen LogP contribution in [0.5, 0.6) is 0 Å². The Hall–Kier alpha value is -1.91. The fourth-order valence-corrected chi connectivity index (χ4v) is 2.48. The second-order valence-corrected chi connectivity index (χ2v) is 5.40. The molecule has 0 unspecified atom stereocenters. The third kappa shape index (κ3) is 3.80. The van der Waals surface area contributed by atoms with Crippen molar-refractivity contribution in [2.24, 2.45) is 0 Å². The Balaban J connectivity index is 2.06. The molecule has 0 amide bonds.